The molecule has 33 heavy (non-hydrogen) atoms. The third-order valence-corrected chi connectivity index (χ3v) is 6.55. The molecule has 172 valence electrons. The first kappa shape index (κ1) is 23.2. The van der Waals surface area contributed by atoms with Crippen molar-refractivity contribution in [2.24, 2.45) is 0 Å². The number of piperidine rings is 1. The zero-order chi connectivity index (χ0) is 23.7. The average molecular weight is 489 g/mol. The van der Waals surface area contributed by atoms with Crippen molar-refractivity contribution in [1.29, 1.82) is 0 Å². The molecule has 0 radical (unpaired) electrons. The first-order valence-electron chi connectivity index (χ1n) is 10.6. The molecule has 1 aliphatic carbocycles. The minimum absolute atomic E-state index is 0.115. The summed E-state index contributed by atoms with van der Waals surface area (Å²) in [5.74, 6) is -0.655. The van der Waals surface area contributed by atoms with Crippen molar-refractivity contribution in [3.05, 3.63) is 67.3 Å². The van der Waals surface area contributed by atoms with Gasteiger partial charge < -0.3 is 5.32 Å². The lowest BCUT2D eigenvalue weighted by Gasteiger charge is -2.26. The van der Waals surface area contributed by atoms with Crippen LogP contribution in [0.4, 0.5) is 0 Å². The molecule has 2 heterocycles. The number of fused-ring (bicyclic) bond motifs is 1. The van der Waals surface area contributed by atoms with E-state index in [-0.39, 0.29) is 43.2 Å². The van der Waals surface area contributed by atoms with E-state index >= 15 is 0 Å². The fourth-order valence-corrected chi connectivity index (χ4v) is 4.55. The van der Waals surface area contributed by atoms with Gasteiger partial charge in [0.1, 0.15) is 11.9 Å². The molecule has 2 aliphatic rings. The van der Waals surface area contributed by atoms with Crippen LogP contribution < -0.4 is 16.2 Å². The van der Waals surface area contributed by atoms with Gasteiger partial charge in [0.2, 0.25) is 17.7 Å². The number of halogens is 2. The number of carbonyl (C=O) groups is 3. The van der Waals surface area contributed by atoms with E-state index in [9.17, 15) is 19.2 Å². The van der Waals surface area contributed by atoms with Crippen LogP contribution in [0.25, 0.3) is 5.57 Å². The van der Waals surface area contributed by atoms with Gasteiger partial charge in [-0.05, 0) is 49.5 Å². The molecule has 1 aromatic carbocycles. The minimum atomic E-state index is -0.791. The maximum absolute atomic E-state index is 13.5. The number of nitrogens with one attached hydrogen (secondary N) is 2. The zero-order valence-electron chi connectivity index (χ0n) is 17.9. The molecule has 0 bridgehead atoms. The van der Waals surface area contributed by atoms with E-state index in [0.717, 1.165) is 5.56 Å². The van der Waals surface area contributed by atoms with Gasteiger partial charge in [0.15, 0.2) is 0 Å². The van der Waals surface area contributed by atoms with Crippen LogP contribution in [0.2, 0.25) is 10.0 Å². The van der Waals surface area contributed by atoms with Gasteiger partial charge in [-0.3, -0.25) is 29.1 Å². The Balaban J connectivity index is 1.55. The van der Waals surface area contributed by atoms with Gasteiger partial charge in [0.25, 0.3) is 5.56 Å². The molecule has 10 heteroatoms. The van der Waals surface area contributed by atoms with Gasteiger partial charge in [-0.1, -0.05) is 35.3 Å². The van der Waals surface area contributed by atoms with Gasteiger partial charge in [0, 0.05) is 13.0 Å². The number of benzene rings is 1. The number of hydrogen-bond donors (Lipinski definition) is 2. The molecule has 1 fully saturated rings. The van der Waals surface area contributed by atoms with E-state index in [1.165, 1.54) is 4.57 Å². The first-order valence-corrected chi connectivity index (χ1v) is 11.4. The molecular weight excluding hydrogens is 467 g/mol. The molecule has 4 rings (SSSR count). The van der Waals surface area contributed by atoms with E-state index in [1.54, 1.807) is 25.1 Å². The lowest BCUT2D eigenvalue weighted by Crippen LogP contribution is -2.46. The van der Waals surface area contributed by atoms with Crippen molar-refractivity contribution >= 4 is 46.5 Å². The highest BCUT2D eigenvalue weighted by Crippen LogP contribution is 2.25. The van der Waals surface area contributed by atoms with Crippen molar-refractivity contribution in [2.75, 3.05) is 6.54 Å². The van der Waals surface area contributed by atoms with Gasteiger partial charge in [-0.15, -0.1) is 0 Å². The SMILES string of the molecule is Cc1nc2c(c(=O)n1C1CCC(=O)NC1=O)C(CNC(=O)Cc1ccc(Cl)c(Cl)c1)=CCC2. The van der Waals surface area contributed by atoms with E-state index in [2.05, 4.69) is 15.6 Å². The number of hydrogen-bond acceptors (Lipinski definition) is 5. The Bertz CT molecular complexity index is 1250. The van der Waals surface area contributed by atoms with Crippen molar-refractivity contribution in [3.8, 4) is 0 Å². The second kappa shape index (κ2) is 9.49. The average Bonchev–Trinajstić information content (AvgIpc) is 2.76. The summed E-state index contributed by atoms with van der Waals surface area (Å²) in [4.78, 5) is 54.4. The molecule has 8 nitrogen and oxygen atoms in total. The van der Waals surface area contributed by atoms with E-state index in [4.69, 9.17) is 23.2 Å². The summed E-state index contributed by atoms with van der Waals surface area (Å²) in [6.07, 6.45) is 3.72. The molecule has 1 aromatic heterocycles. The Morgan fingerprint density at radius 2 is 2.00 bits per heavy atom. The highest BCUT2D eigenvalue weighted by atomic mass is 35.5. The highest BCUT2D eigenvalue weighted by molar-refractivity contribution is 6.42. The van der Waals surface area contributed by atoms with E-state index < -0.39 is 11.9 Å². The predicted molar refractivity (Wildman–Crippen MR) is 124 cm³/mol. The van der Waals surface area contributed by atoms with Gasteiger partial charge in [-0.25, -0.2) is 4.98 Å². The molecule has 2 aromatic rings. The fourth-order valence-electron chi connectivity index (χ4n) is 4.23. The normalized spacial score (nSPS) is 17.8. The smallest absolute Gasteiger partial charge is 0.262 e. The summed E-state index contributed by atoms with van der Waals surface area (Å²) in [6.45, 7) is 1.84. The Labute approximate surface area is 200 Å². The molecule has 3 amide bonds. The molecule has 0 saturated carbocycles. The molecule has 1 aliphatic heterocycles. The lowest BCUT2D eigenvalue weighted by molar-refractivity contribution is -0.135. The summed E-state index contributed by atoms with van der Waals surface area (Å²) in [5, 5.41) is 5.93. The Kier molecular flexibility index (Phi) is 6.67. The summed E-state index contributed by atoms with van der Waals surface area (Å²) < 4.78 is 1.36. The number of rotatable bonds is 5. The zero-order valence-corrected chi connectivity index (χ0v) is 19.4. The van der Waals surface area contributed by atoms with Crippen LogP contribution in [0.1, 0.15) is 47.9 Å². The third-order valence-electron chi connectivity index (χ3n) is 5.81. The van der Waals surface area contributed by atoms with Gasteiger partial charge in [-0.2, -0.15) is 0 Å². The Hall–Kier alpha value is -2.97. The maximum Gasteiger partial charge on any atom is 0.262 e. The molecule has 0 spiro atoms. The molecular formula is C23H22Cl2N4O4. The lowest BCUT2D eigenvalue weighted by atomic mass is 9.94. The molecule has 1 unspecified atom stereocenters. The minimum Gasteiger partial charge on any atom is -0.352 e. The number of imide groups is 1. The van der Waals surface area contributed by atoms with Crippen molar-refractivity contribution in [2.45, 2.75) is 45.1 Å². The predicted octanol–water partition coefficient (Wildman–Crippen LogP) is 2.52. The van der Waals surface area contributed by atoms with Crippen LogP contribution in [0.15, 0.2) is 29.1 Å². The quantitative estimate of drug-likeness (QED) is 0.628. The third kappa shape index (κ3) is 4.86. The number of amides is 3. The number of aryl methyl sites for hydroxylation is 2. The second-order valence-electron chi connectivity index (χ2n) is 8.09. The number of nitrogens with zero attached hydrogens (tertiary/aromatic N) is 2. The Morgan fingerprint density at radius 1 is 1.21 bits per heavy atom. The highest BCUT2D eigenvalue weighted by Gasteiger charge is 2.32. The fraction of sp³-hybridized carbons (Fsp3) is 0.348. The van der Waals surface area contributed by atoms with Crippen molar-refractivity contribution in [3.63, 3.8) is 0 Å². The second-order valence-corrected chi connectivity index (χ2v) is 8.91. The largest absolute Gasteiger partial charge is 0.352 e. The number of carbonyl (C=O) groups excluding carboxylic acids is 3. The summed E-state index contributed by atoms with van der Waals surface area (Å²) in [6, 6.07) is 4.22. The summed E-state index contributed by atoms with van der Waals surface area (Å²) in [7, 11) is 0. The van der Waals surface area contributed by atoms with Crippen LogP contribution in [0.5, 0.6) is 0 Å². The maximum atomic E-state index is 13.5. The van der Waals surface area contributed by atoms with Crippen LogP contribution in [-0.4, -0.2) is 33.8 Å². The van der Waals surface area contributed by atoms with Crippen LogP contribution in [0.3, 0.4) is 0 Å². The summed E-state index contributed by atoms with van der Waals surface area (Å²) in [5.41, 5.74) is 2.11. The van der Waals surface area contributed by atoms with Crippen molar-refractivity contribution < 1.29 is 14.4 Å². The molecule has 2 N–H and O–H groups in total. The monoisotopic (exact) mass is 488 g/mol. The van der Waals surface area contributed by atoms with Crippen LogP contribution in [0, 0.1) is 6.92 Å². The first-order chi connectivity index (χ1) is 15.7. The van der Waals surface area contributed by atoms with Crippen molar-refractivity contribution in [1.82, 2.24) is 20.2 Å². The standard InChI is InChI=1S/C23H22Cl2N4O4/c1-12-27-17-4-2-3-14(11-26-20(31)10-13-5-6-15(24)16(25)9-13)21(17)23(33)29(12)18-7-8-19(30)28-22(18)32/h3,5-6,9,18H,2,4,7-8,10-11H2,1H3,(H,26,31)(H,28,30,32). The van der Waals surface area contributed by atoms with Gasteiger partial charge in [0.05, 0.1) is 27.7 Å². The molecule has 1 atom stereocenters. The number of allylic oxidation sites excluding steroid dienone is 1. The van der Waals surface area contributed by atoms with Crippen LogP contribution in [-0.2, 0) is 27.2 Å². The Morgan fingerprint density at radius 3 is 2.73 bits per heavy atom. The van der Waals surface area contributed by atoms with Gasteiger partial charge >= 0.3 is 0 Å². The van der Waals surface area contributed by atoms with E-state index in [1.807, 2.05) is 6.08 Å². The van der Waals surface area contributed by atoms with E-state index in [0.29, 0.717) is 45.5 Å². The number of aromatic nitrogens is 2. The summed E-state index contributed by atoms with van der Waals surface area (Å²) >= 11 is 11.9. The topological polar surface area (TPSA) is 110 Å². The van der Waals surface area contributed by atoms with Crippen LogP contribution >= 0.6 is 23.2 Å². The molecule has 1 saturated heterocycles.